The minimum Gasteiger partial charge on any atom is -0.384 e. The lowest BCUT2D eigenvalue weighted by Gasteiger charge is -2.36. The van der Waals surface area contributed by atoms with Crippen molar-refractivity contribution >= 4 is 22.5 Å². The van der Waals surface area contributed by atoms with Crippen molar-refractivity contribution in [3.8, 4) is 23.2 Å². The fourth-order valence-electron chi connectivity index (χ4n) is 4.07. The highest BCUT2D eigenvalue weighted by atomic mass is 19.1. The summed E-state index contributed by atoms with van der Waals surface area (Å²) < 4.78 is 21.5. The number of rotatable bonds is 5. The number of hydrogen-bond acceptors (Lipinski definition) is 9. The van der Waals surface area contributed by atoms with E-state index in [1.54, 1.807) is 10.9 Å². The minimum absolute atomic E-state index is 0.254. The van der Waals surface area contributed by atoms with E-state index in [4.69, 9.17) is 15.4 Å². The van der Waals surface area contributed by atoms with E-state index < -0.39 is 0 Å². The maximum absolute atomic E-state index is 14.6. The van der Waals surface area contributed by atoms with Crippen molar-refractivity contribution in [1.82, 2.24) is 35.0 Å². The second kappa shape index (κ2) is 9.12. The molecule has 11 nitrogen and oxygen atoms in total. The van der Waals surface area contributed by atoms with Crippen LogP contribution in [0.25, 0.3) is 22.4 Å². The molecular formula is C22H24FN9O2. The van der Waals surface area contributed by atoms with Gasteiger partial charge in [-0.1, -0.05) is 11.1 Å². The van der Waals surface area contributed by atoms with Crippen LogP contribution in [0.5, 0.6) is 0 Å². The number of aromatic amines is 1. The highest BCUT2D eigenvalue weighted by molar-refractivity contribution is 5.83. The van der Waals surface area contributed by atoms with Crippen molar-refractivity contribution in [2.24, 2.45) is 0 Å². The highest BCUT2D eigenvalue weighted by Gasteiger charge is 2.22. The number of hydrogen-bond donors (Lipinski definition) is 3. The number of H-pyrrole nitrogens is 1. The van der Waals surface area contributed by atoms with Crippen LogP contribution in [-0.2, 0) is 6.54 Å². The third kappa shape index (κ3) is 4.18. The van der Waals surface area contributed by atoms with Gasteiger partial charge in [-0.2, -0.15) is 15.2 Å². The van der Waals surface area contributed by atoms with E-state index in [1.807, 2.05) is 13.0 Å². The molecule has 0 bridgehead atoms. The normalized spacial score (nSPS) is 14.5. The molecule has 0 atom stereocenters. The van der Waals surface area contributed by atoms with Crippen LogP contribution >= 0.6 is 0 Å². The zero-order chi connectivity index (χ0) is 23.7. The largest absolute Gasteiger partial charge is 0.384 e. The Morgan fingerprint density at radius 2 is 2.06 bits per heavy atom. The van der Waals surface area contributed by atoms with Gasteiger partial charge in [0.1, 0.15) is 18.2 Å². The average molecular weight is 465 g/mol. The molecule has 4 aromatic rings. The van der Waals surface area contributed by atoms with Gasteiger partial charge in [-0.15, -0.1) is 0 Å². The molecule has 34 heavy (non-hydrogen) atoms. The number of aromatic nitrogens is 6. The second-order valence-electron chi connectivity index (χ2n) is 8.03. The molecule has 0 spiro atoms. The van der Waals surface area contributed by atoms with Crippen molar-refractivity contribution in [3.63, 3.8) is 0 Å². The van der Waals surface area contributed by atoms with Gasteiger partial charge >= 0.3 is 0 Å². The Morgan fingerprint density at radius 1 is 1.24 bits per heavy atom. The van der Waals surface area contributed by atoms with E-state index in [2.05, 4.69) is 47.1 Å². The van der Waals surface area contributed by atoms with Crippen LogP contribution in [-0.4, -0.2) is 79.5 Å². The maximum Gasteiger partial charge on any atom is 0.201 e. The van der Waals surface area contributed by atoms with Crippen molar-refractivity contribution in [1.29, 1.82) is 0 Å². The van der Waals surface area contributed by atoms with Gasteiger partial charge in [0, 0.05) is 44.2 Å². The molecular weight excluding hydrogens is 441 g/mol. The summed E-state index contributed by atoms with van der Waals surface area (Å²) in [7, 11) is 0. The molecule has 0 unspecified atom stereocenters. The molecule has 0 saturated carbocycles. The summed E-state index contributed by atoms with van der Waals surface area (Å²) in [5.41, 5.74) is 8.69. The Bertz CT molecular complexity index is 1370. The lowest BCUT2D eigenvalue weighted by molar-refractivity contribution is 0.244. The van der Waals surface area contributed by atoms with Crippen LogP contribution in [0.2, 0.25) is 0 Å². The molecule has 0 aliphatic carbocycles. The number of piperazine rings is 1. The Balaban J connectivity index is 1.19. The number of nitrogens with one attached hydrogen (secondary N) is 1. The molecule has 1 aromatic carbocycles. The molecule has 176 valence electrons. The van der Waals surface area contributed by atoms with Gasteiger partial charge in [-0.3, -0.25) is 10.00 Å². The number of nitrogens with zero attached hydrogens (tertiary/aromatic N) is 7. The zero-order valence-corrected chi connectivity index (χ0v) is 18.6. The Hall–Kier alpha value is -3.95. The van der Waals surface area contributed by atoms with E-state index in [0.29, 0.717) is 53.9 Å². The summed E-state index contributed by atoms with van der Waals surface area (Å²) in [6.45, 7) is 5.97. The maximum atomic E-state index is 14.6. The molecule has 0 amide bonds. The monoisotopic (exact) mass is 465 g/mol. The number of fused-ring (bicyclic) bond motifs is 1. The van der Waals surface area contributed by atoms with Crippen LogP contribution in [0.1, 0.15) is 11.5 Å². The first-order valence-corrected chi connectivity index (χ1v) is 10.9. The summed E-state index contributed by atoms with van der Waals surface area (Å²) in [6.07, 6.45) is 1.63. The van der Waals surface area contributed by atoms with Gasteiger partial charge in [0.25, 0.3) is 0 Å². The third-order valence-corrected chi connectivity index (χ3v) is 5.95. The summed E-state index contributed by atoms with van der Waals surface area (Å²) in [5.74, 6) is 6.11. The smallest absolute Gasteiger partial charge is 0.201 e. The fraction of sp³-hybridized carbons (Fsp3) is 0.364. The topological polar surface area (TPSA) is 138 Å². The van der Waals surface area contributed by atoms with Gasteiger partial charge in [0.2, 0.25) is 5.82 Å². The minimum atomic E-state index is -0.300. The van der Waals surface area contributed by atoms with Crippen LogP contribution in [0.3, 0.4) is 0 Å². The van der Waals surface area contributed by atoms with Crippen LogP contribution in [0.4, 0.5) is 15.9 Å². The summed E-state index contributed by atoms with van der Waals surface area (Å²) >= 11 is 0. The van der Waals surface area contributed by atoms with Crippen molar-refractivity contribution < 1.29 is 14.0 Å². The number of benzene rings is 1. The molecule has 1 fully saturated rings. The number of nitrogens with two attached hydrogens (primary N) is 1. The second-order valence-corrected chi connectivity index (χ2v) is 8.03. The standard InChI is InChI=1S/C22H24FN9O2/c1-14-15-11-18(17(23)12-19(15)34-29-14)31-7-4-30(5-8-31)6-9-32-21(24)16(13-25-32)22-26-20(27-28-22)3-2-10-33/h11-13,33H,4-10,24H2,1H3,(H,26,27,28). The molecule has 4 heterocycles. The van der Waals surface area contributed by atoms with E-state index >= 15 is 0 Å². The predicted octanol–water partition coefficient (Wildman–Crippen LogP) is 1.01. The highest BCUT2D eigenvalue weighted by Crippen LogP contribution is 2.29. The first kappa shape index (κ1) is 21.9. The van der Waals surface area contributed by atoms with Gasteiger partial charge in [0.15, 0.2) is 11.4 Å². The quantitative estimate of drug-likeness (QED) is 0.369. The number of nitrogen functional groups attached to an aromatic ring is 1. The first-order chi connectivity index (χ1) is 16.5. The van der Waals surface area contributed by atoms with Crippen LogP contribution in [0.15, 0.2) is 22.9 Å². The molecule has 1 saturated heterocycles. The van der Waals surface area contributed by atoms with E-state index in [-0.39, 0.29) is 12.4 Å². The Kier molecular flexibility index (Phi) is 5.87. The average Bonchev–Trinajstić information content (AvgIpc) is 3.55. The Morgan fingerprint density at radius 3 is 2.85 bits per heavy atom. The van der Waals surface area contributed by atoms with Crippen molar-refractivity contribution in [2.75, 3.05) is 50.0 Å². The van der Waals surface area contributed by atoms with Crippen molar-refractivity contribution in [2.45, 2.75) is 13.5 Å². The van der Waals surface area contributed by atoms with Crippen molar-refractivity contribution in [3.05, 3.63) is 35.7 Å². The van der Waals surface area contributed by atoms with E-state index in [9.17, 15) is 4.39 Å². The number of aliphatic hydroxyl groups is 1. The Labute approximate surface area is 194 Å². The molecule has 4 N–H and O–H groups in total. The van der Waals surface area contributed by atoms with Crippen LogP contribution < -0.4 is 10.6 Å². The molecule has 5 rings (SSSR count). The predicted molar refractivity (Wildman–Crippen MR) is 123 cm³/mol. The zero-order valence-electron chi connectivity index (χ0n) is 18.6. The van der Waals surface area contributed by atoms with Gasteiger partial charge < -0.3 is 20.3 Å². The molecule has 1 aliphatic heterocycles. The number of halogens is 1. The first-order valence-electron chi connectivity index (χ1n) is 10.9. The van der Waals surface area contributed by atoms with Crippen LogP contribution in [0, 0.1) is 24.6 Å². The lowest BCUT2D eigenvalue weighted by Crippen LogP contribution is -2.47. The van der Waals surface area contributed by atoms with Gasteiger partial charge in [0.05, 0.1) is 29.7 Å². The third-order valence-electron chi connectivity index (χ3n) is 5.95. The lowest BCUT2D eigenvalue weighted by atomic mass is 10.1. The molecule has 3 aromatic heterocycles. The molecule has 0 radical (unpaired) electrons. The molecule has 1 aliphatic rings. The summed E-state index contributed by atoms with van der Waals surface area (Å²) in [6, 6.07) is 3.23. The fourth-order valence-corrected chi connectivity index (χ4v) is 4.07. The number of aliphatic hydroxyl groups excluding tert-OH is 1. The number of aryl methyl sites for hydroxylation is 1. The van der Waals surface area contributed by atoms with E-state index in [1.165, 1.54) is 6.07 Å². The number of anilines is 2. The van der Waals surface area contributed by atoms with E-state index in [0.717, 1.165) is 30.7 Å². The SMILES string of the molecule is Cc1noc2cc(F)c(N3CCN(CCn4ncc(-c5n[nH]c(C#CCO)n5)c4N)CC3)cc12. The summed E-state index contributed by atoms with van der Waals surface area (Å²) in [5, 5.41) is 24.7. The van der Waals surface area contributed by atoms with Gasteiger partial charge in [-0.05, 0) is 18.9 Å². The summed E-state index contributed by atoms with van der Waals surface area (Å²) in [4.78, 5) is 8.62. The van der Waals surface area contributed by atoms with Gasteiger partial charge in [-0.25, -0.2) is 9.07 Å². The molecule has 12 heteroatoms.